The molecule has 0 radical (unpaired) electrons. The second-order valence-electron chi connectivity index (χ2n) is 5.63. The SMILES string of the molecule is CN1CCN(C)[C@H](CC(=O)NCCCc2ccco2)C1. The lowest BCUT2D eigenvalue weighted by molar-refractivity contribution is -0.122. The van der Waals surface area contributed by atoms with E-state index in [9.17, 15) is 4.79 Å². The van der Waals surface area contributed by atoms with E-state index in [1.807, 2.05) is 12.1 Å². The quantitative estimate of drug-likeness (QED) is 0.788. The third-order valence-corrected chi connectivity index (χ3v) is 3.90. The highest BCUT2D eigenvalue weighted by Gasteiger charge is 2.24. The predicted octanol–water partition coefficient (Wildman–Crippen LogP) is 0.964. The van der Waals surface area contributed by atoms with Crippen molar-refractivity contribution < 1.29 is 9.21 Å². The fraction of sp³-hybridized carbons (Fsp3) is 0.667. The molecule has 1 aromatic heterocycles. The summed E-state index contributed by atoms with van der Waals surface area (Å²) in [4.78, 5) is 16.5. The van der Waals surface area contributed by atoms with Gasteiger partial charge in [-0.15, -0.1) is 0 Å². The Bertz CT molecular complexity index is 405. The van der Waals surface area contributed by atoms with E-state index in [1.54, 1.807) is 6.26 Å². The maximum Gasteiger partial charge on any atom is 0.221 e. The van der Waals surface area contributed by atoms with Gasteiger partial charge in [-0.3, -0.25) is 4.79 Å². The van der Waals surface area contributed by atoms with Gasteiger partial charge in [0.1, 0.15) is 5.76 Å². The highest BCUT2D eigenvalue weighted by molar-refractivity contribution is 5.76. The van der Waals surface area contributed by atoms with Crippen molar-refractivity contribution in [2.75, 3.05) is 40.3 Å². The van der Waals surface area contributed by atoms with E-state index in [0.29, 0.717) is 19.0 Å². The average Bonchev–Trinajstić information content (AvgIpc) is 2.92. The summed E-state index contributed by atoms with van der Waals surface area (Å²) in [6, 6.07) is 4.19. The first kappa shape index (κ1) is 15.1. The van der Waals surface area contributed by atoms with Gasteiger partial charge < -0.3 is 19.5 Å². The van der Waals surface area contributed by atoms with Crippen LogP contribution in [-0.2, 0) is 11.2 Å². The molecule has 0 aromatic carbocycles. The van der Waals surface area contributed by atoms with Gasteiger partial charge in [-0.1, -0.05) is 0 Å². The molecule has 1 aromatic rings. The molecular weight excluding hydrogens is 254 g/mol. The standard InChI is InChI=1S/C15H25N3O2/c1-17-8-9-18(2)13(12-17)11-15(19)16-7-3-5-14-6-4-10-20-14/h4,6,10,13H,3,5,7-9,11-12H2,1-2H3,(H,16,19)/t13-/m1/s1. The molecule has 1 saturated heterocycles. The minimum atomic E-state index is 0.150. The highest BCUT2D eigenvalue weighted by atomic mass is 16.3. The number of aryl methyl sites for hydroxylation is 1. The molecule has 112 valence electrons. The second-order valence-corrected chi connectivity index (χ2v) is 5.63. The number of hydrogen-bond donors (Lipinski definition) is 1. The summed E-state index contributed by atoms with van der Waals surface area (Å²) < 4.78 is 5.26. The zero-order valence-electron chi connectivity index (χ0n) is 12.5. The molecule has 0 aliphatic carbocycles. The maximum absolute atomic E-state index is 11.9. The Balaban J connectivity index is 1.62. The molecule has 1 aliphatic rings. The Morgan fingerprint density at radius 1 is 1.45 bits per heavy atom. The van der Waals surface area contributed by atoms with Gasteiger partial charge in [-0.05, 0) is 32.6 Å². The lowest BCUT2D eigenvalue weighted by Gasteiger charge is -2.37. The summed E-state index contributed by atoms with van der Waals surface area (Å²) in [5, 5.41) is 3.00. The van der Waals surface area contributed by atoms with Gasteiger partial charge in [-0.25, -0.2) is 0 Å². The Labute approximate surface area is 120 Å². The van der Waals surface area contributed by atoms with Gasteiger partial charge in [0.2, 0.25) is 5.91 Å². The smallest absolute Gasteiger partial charge is 0.221 e. The van der Waals surface area contributed by atoms with Gasteiger partial charge >= 0.3 is 0 Å². The maximum atomic E-state index is 11.9. The van der Waals surface area contributed by atoms with Crippen LogP contribution in [0.3, 0.4) is 0 Å². The van der Waals surface area contributed by atoms with Crippen LogP contribution in [0, 0.1) is 0 Å². The van der Waals surface area contributed by atoms with Crippen LogP contribution in [0.4, 0.5) is 0 Å². The van der Waals surface area contributed by atoms with E-state index >= 15 is 0 Å². The van der Waals surface area contributed by atoms with Crippen LogP contribution >= 0.6 is 0 Å². The molecule has 1 amide bonds. The number of piperazine rings is 1. The van der Waals surface area contributed by atoms with Crippen LogP contribution in [0.2, 0.25) is 0 Å². The molecular formula is C15H25N3O2. The number of nitrogens with one attached hydrogen (secondary N) is 1. The topological polar surface area (TPSA) is 48.7 Å². The number of amides is 1. The highest BCUT2D eigenvalue weighted by Crippen LogP contribution is 2.09. The van der Waals surface area contributed by atoms with E-state index < -0.39 is 0 Å². The first-order valence-electron chi connectivity index (χ1n) is 7.33. The summed E-state index contributed by atoms with van der Waals surface area (Å²) in [5.41, 5.74) is 0. The molecule has 0 saturated carbocycles. The van der Waals surface area contributed by atoms with Crippen LogP contribution in [-0.4, -0.2) is 62.0 Å². The van der Waals surface area contributed by atoms with Gasteiger partial charge in [0.15, 0.2) is 0 Å². The summed E-state index contributed by atoms with van der Waals surface area (Å²) in [5.74, 6) is 1.13. The van der Waals surface area contributed by atoms with Crippen molar-refractivity contribution in [1.29, 1.82) is 0 Å². The van der Waals surface area contributed by atoms with Crippen LogP contribution in [0.1, 0.15) is 18.6 Å². The first-order valence-corrected chi connectivity index (χ1v) is 7.33. The molecule has 2 rings (SSSR count). The molecule has 1 fully saturated rings. The predicted molar refractivity (Wildman–Crippen MR) is 78.6 cm³/mol. The molecule has 1 N–H and O–H groups in total. The third kappa shape index (κ3) is 4.65. The molecule has 2 heterocycles. The minimum Gasteiger partial charge on any atom is -0.469 e. The van der Waals surface area contributed by atoms with Crippen molar-refractivity contribution in [3.63, 3.8) is 0 Å². The number of likely N-dealkylation sites (N-methyl/N-ethyl adjacent to an activating group) is 2. The van der Waals surface area contributed by atoms with E-state index in [4.69, 9.17) is 4.42 Å². The fourth-order valence-corrected chi connectivity index (χ4v) is 2.55. The van der Waals surface area contributed by atoms with Crippen molar-refractivity contribution in [3.8, 4) is 0 Å². The summed E-state index contributed by atoms with van der Waals surface area (Å²) in [6.45, 7) is 3.80. The molecule has 5 nitrogen and oxygen atoms in total. The van der Waals surface area contributed by atoms with Crippen molar-refractivity contribution in [2.24, 2.45) is 0 Å². The molecule has 1 atom stereocenters. The largest absolute Gasteiger partial charge is 0.469 e. The number of hydrogen-bond acceptors (Lipinski definition) is 4. The Hall–Kier alpha value is -1.33. The minimum absolute atomic E-state index is 0.150. The molecule has 5 heteroatoms. The van der Waals surface area contributed by atoms with Crippen molar-refractivity contribution >= 4 is 5.91 Å². The molecule has 0 unspecified atom stereocenters. The number of carbonyl (C=O) groups excluding carboxylic acids is 1. The average molecular weight is 279 g/mol. The van der Waals surface area contributed by atoms with Gasteiger partial charge in [0.25, 0.3) is 0 Å². The van der Waals surface area contributed by atoms with E-state index in [2.05, 4.69) is 29.2 Å². The lowest BCUT2D eigenvalue weighted by atomic mass is 10.1. The van der Waals surface area contributed by atoms with E-state index in [1.165, 1.54) is 0 Å². The van der Waals surface area contributed by atoms with Crippen molar-refractivity contribution in [3.05, 3.63) is 24.2 Å². The van der Waals surface area contributed by atoms with Crippen molar-refractivity contribution in [1.82, 2.24) is 15.1 Å². The van der Waals surface area contributed by atoms with E-state index in [0.717, 1.165) is 38.2 Å². The molecule has 1 aliphatic heterocycles. The zero-order chi connectivity index (χ0) is 14.4. The van der Waals surface area contributed by atoms with Gasteiger partial charge in [0, 0.05) is 45.1 Å². The third-order valence-electron chi connectivity index (χ3n) is 3.90. The van der Waals surface area contributed by atoms with E-state index in [-0.39, 0.29) is 5.91 Å². The Morgan fingerprint density at radius 2 is 2.30 bits per heavy atom. The Morgan fingerprint density at radius 3 is 3.05 bits per heavy atom. The lowest BCUT2D eigenvalue weighted by Crippen LogP contribution is -2.51. The molecule has 0 bridgehead atoms. The van der Waals surface area contributed by atoms with Gasteiger partial charge in [0.05, 0.1) is 6.26 Å². The fourth-order valence-electron chi connectivity index (χ4n) is 2.55. The monoisotopic (exact) mass is 279 g/mol. The number of nitrogens with zero attached hydrogens (tertiary/aromatic N) is 2. The summed E-state index contributed by atoms with van der Waals surface area (Å²) in [6.07, 6.45) is 4.06. The first-order chi connectivity index (χ1) is 9.65. The number of carbonyl (C=O) groups is 1. The number of rotatable bonds is 6. The zero-order valence-corrected chi connectivity index (χ0v) is 12.5. The summed E-state index contributed by atoms with van der Waals surface area (Å²) in [7, 11) is 4.21. The van der Waals surface area contributed by atoms with Crippen LogP contribution in [0.25, 0.3) is 0 Å². The van der Waals surface area contributed by atoms with Crippen LogP contribution < -0.4 is 5.32 Å². The second kappa shape index (κ2) is 7.45. The Kier molecular flexibility index (Phi) is 5.61. The number of furan rings is 1. The van der Waals surface area contributed by atoms with Crippen LogP contribution in [0.15, 0.2) is 22.8 Å². The van der Waals surface area contributed by atoms with Crippen LogP contribution in [0.5, 0.6) is 0 Å². The van der Waals surface area contributed by atoms with Gasteiger partial charge in [-0.2, -0.15) is 0 Å². The molecule has 0 spiro atoms. The summed E-state index contributed by atoms with van der Waals surface area (Å²) >= 11 is 0. The molecule has 20 heavy (non-hydrogen) atoms. The van der Waals surface area contributed by atoms with Crippen molar-refractivity contribution in [2.45, 2.75) is 25.3 Å². The normalized spacial score (nSPS) is 21.0.